The Hall–Kier alpha value is -2.01. The van der Waals surface area contributed by atoms with E-state index < -0.39 is 0 Å². The molecular formula is C15H20N2O3. The van der Waals surface area contributed by atoms with Gasteiger partial charge in [0, 0.05) is 17.4 Å². The Morgan fingerprint density at radius 3 is 2.80 bits per heavy atom. The fraction of sp³-hybridized carbons (Fsp3) is 0.400. The molecule has 2 rings (SSSR count). The van der Waals surface area contributed by atoms with E-state index in [9.17, 15) is 4.79 Å². The van der Waals surface area contributed by atoms with Gasteiger partial charge in [-0.1, -0.05) is 0 Å². The van der Waals surface area contributed by atoms with Gasteiger partial charge >= 0.3 is 5.97 Å². The van der Waals surface area contributed by atoms with Gasteiger partial charge in [0.25, 0.3) is 0 Å². The molecule has 0 bridgehead atoms. The Labute approximate surface area is 118 Å². The van der Waals surface area contributed by atoms with Gasteiger partial charge in [-0.25, -0.2) is 4.79 Å². The predicted molar refractivity (Wildman–Crippen MR) is 78.1 cm³/mol. The van der Waals surface area contributed by atoms with Crippen LogP contribution in [0.5, 0.6) is 5.75 Å². The highest BCUT2D eigenvalue weighted by molar-refractivity contribution is 5.96. The minimum absolute atomic E-state index is 0.306. The SMILES string of the molecule is CCOC(=O)c1cc2cc(OC)ccc2n1CCCN. The summed E-state index contributed by atoms with van der Waals surface area (Å²) in [6.07, 6.45) is 0.808. The number of carbonyl (C=O) groups excluding carboxylic acids is 1. The van der Waals surface area contributed by atoms with Gasteiger partial charge < -0.3 is 19.8 Å². The molecule has 0 amide bonds. The number of hydrogen-bond acceptors (Lipinski definition) is 4. The fourth-order valence-corrected chi connectivity index (χ4v) is 2.24. The topological polar surface area (TPSA) is 66.5 Å². The van der Waals surface area contributed by atoms with Gasteiger partial charge in [0.05, 0.1) is 13.7 Å². The quantitative estimate of drug-likeness (QED) is 0.821. The first-order valence-electron chi connectivity index (χ1n) is 6.75. The summed E-state index contributed by atoms with van der Waals surface area (Å²) in [6, 6.07) is 7.59. The molecule has 0 saturated heterocycles. The molecule has 0 aliphatic heterocycles. The van der Waals surface area contributed by atoms with Crippen LogP contribution in [0.25, 0.3) is 10.9 Å². The molecule has 20 heavy (non-hydrogen) atoms. The average molecular weight is 276 g/mol. The standard InChI is InChI=1S/C15H20N2O3/c1-3-20-15(18)14-10-11-9-12(19-2)5-6-13(11)17(14)8-4-7-16/h5-6,9-10H,3-4,7-8,16H2,1-2H3. The zero-order chi connectivity index (χ0) is 14.5. The molecule has 108 valence electrons. The second-order valence-electron chi connectivity index (χ2n) is 4.47. The van der Waals surface area contributed by atoms with Crippen LogP contribution in [0, 0.1) is 0 Å². The molecule has 1 aromatic heterocycles. The normalized spacial score (nSPS) is 10.8. The zero-order valence-electron chi connectivity index (χ0n) is 11.9. The van der Waals surface area contributed by atoms with E-state index >= 15 is 0 Å². The highest BCUT2D eigenvalue weighted by atomic mass is 16.5. The summed E-state index contributed by atoms with van der Waals surface area (Å²) in [6.45, 7) is 3.44. The molecule has 0 unspecified atom stereocenters. The molecule has 0 aliphatic rings. The molecule has 1 heterocycles. The van der Waals surface area contributed by atoms with Crippen LogP contribution in [0.4, 0.5) is 0 Å². The third kappa shape index (κ3) is 2.77. The van der Waals surface area contributed by atoms with Crippen molar-refractivity contribution < 1.29 is 14.3 Å². The lowest BCUT2D eigenvalue weighted by molar-refractivity contribution is 0.0514. The first kappa shape index (κ1) is 14.4. The molecule has 2 aromatic rings. The Morgan fingerprint density at radius 1 is 1.35 bits per heavy atom. The van der Waals surface area contributed by atoms with Crippen LogP contribution < -0.4 is 10.5 Å². The summed E-state index contributed by atoms with van der Waals surface area (Å²) < 4.78 is 12.3. The van der Waals surface area contributed by atoms with Gasteiger partial charge in [0.1, 0.15) is 11.4 Å². The van der Waals surface area contributed by atoms with E-state index in [1.54, 1.807) is 14.0 Å². The summed E-state index contributed by atoms with van der Waals surface area (Å²) in [7, 11) is 1.62. The Kier molecular flexibility index (Phi) is 4.63. The van der Waals surface area contributed by atoms with Gasteiger partial charge in [0.15, 0.2) is 0 Å². The summed E-state index contributed by atoms with van der Waals surface area (Å²) in [5.41, 5.74) is 7.12. The molecule has 1 aromatic carbocycles. The highest BCUT2D eigenvalue weighted by Gasteiger charge is 2.16. The fourth-order valence-electron chi connectivity index (χ4n) is 2.24. The molecular weight excluding hydrogens is 256 g/mol. The minimum atomic E-state index is -0.306. The molecule has 0 fully saturated rings. The van der Waals surface area contributed by atoms with Crippen molar-refractivity contribution in [2.24, 2.45) is 5.73 Å². The second kappa shape index (κ2) is 6.43. The first-order valence-corrected chi connectivity index (χ1v) is 6.75. The number of esters is 1. The summed E-state index contributed by atoms with van der Waals surface area (Å²) in [5.74, 6) is 0.462. The van der Waals surface area contributed by atoms with E-state index in [2.05, 4.69) is 0 Å². The molecule has 0 aliphatic carbocycles. The van der Waals surface area contributed by atoms with Crippen molar-refractivity contribution in [2.45, 2.75) is 19.9 Å². The minimum Gasteiger partial charge on any atom is -0.497 e. The lowest BCUT2D eigenvalue weighted by atomic mass is 10.2. The monoisotopic (exact) mass is 276 g/mol. The lowest BCUT2D eigenvalue weighted by Gasteiger charge is -2.09. The number of nitrogens with zero attached hydrogens (tertiary/aromatic N) is 1. The number of carbonyl (C=O) groups is 1. The number of rotatable bonds is 6. The Bertz CT molecular complexity index is 604. The van der Waals surface area contributed by atoms with Crippen molar-refractivity contribution in [1.29, 1.82) is 0 Å². The van der Waals surface area contributed by atoms with Crippen molar-refractivity contribution in [2.75, 3.05) is 20.3 Å². The number of aromatic nitrogens is 1. The number of nitrogens with two attached hydrogens (primary N) is 1. The van der Waals surface area contributed by atoms with Crippen molar-refractivity contribution >= 4 is 16.9 Å². The van der Waals surface area contributed by atoms with Crippen molar-refractivity contribution in [3.8, 4) is 5.75 Å². The van der Waals surface area contributed by atoms with E-state index in [0.29, 0.717) is 25.4 Å². The van der Waals surface area contributed by atoms with E-state index in [4.69, 9.17) is 15.2 Å². The molecule has 0 saturated carbocycles. The maximum Gasteiger partial charge on any atom is 0.354 e. The maximum atomic E-state index is 12.0. The zero-order valence-corrected chi connectivity index (χ0v) is 11.9. The average Bonchev–Trinajstić information content (AvgIpc) is 2.83. The second-order valence-corrected chi connectivity index (χ2v) is 4.47. The van der Waals surface area contributed by atoms with Crippen LogP contribution in [0.2, 0.25) is 0 Å². The largest absolute Gasteiger partial charge is 0.497 e. The van der Waals surface area contributed by atoms with Crippen LogP contribution in [0.1, 0.15) is 23.8 Å². The number of ether oxygens (including phenoxy) is 2. The number of hydrogen-bond donors (Lipinski definition) is 1. The van der Waals surface area contributed by atoms with Gasteiger partial charge in [-0.2, -0.15) is 0 Å². The summed E-state index contributed by atoms with van der Waals surface area (Å²) >= 11 is 0. The smallest absolute Gasteiger partial charge is 0.354 e. The molecule has 5 heteroatoms. The van der Waals surface area contributed by atoms with Gasteiger partial charge in [-0.3, -0.25) is 0 Å². The van der Waals surface area contributed by atoms with Crippen molar-refractivity contribution in [3.05, 3.63) is 30.0 Å². The number of fused-ring (bicyclic) bond motifs is 1. The summed E-state index contributed by atoms with van der Waals surface area (Å²) in [4.78, 5) is 12.0. The molecule has 5 nitrogen and oxygen atoms in total. The summed E-state index contributed by atoms with van der Waals surface area (Å²) in [5, 5.41) is 0.962. The predicted octanol–water partition coefficient (Wildman–Crippen LogP) is 2.18. The third-order valence-corrected chi connectivity index (χ3v) is 3.18. The van der Waals surface area contributed by atoms with E-state index in [1.807, 2.05) is 28.8 Å². The van der Waals surface area contributed by atoms with Crippen LogP contribution in [-0.4, -0.2) is 30.8 Å². The van der Waals surface area contributed by atoms with E-state index in [-0.39, 0.29) is 5.97 Å². The Balaban J connectivity index is 2.50. The van der Waals surface area contributed by atoms with Gasteiger partial charge in [-0.05, 0) is 44.2 Å². The van der Waals surface area contributed by atoms with Crippen LogP contribution in [0.3, 0.4) is 0 Å². The number of benzene rings is 1. The van der Waals surface area contributed by atoms with Gasteiger partial charge in [-0.15, -0.1) is 0 Å². The molecule has 2 N–H and O–H groups in total. The van der Waals surface area contributed by atoms with Crippen molar-refractivity contribution in [3.63, 3.8) is 0 Å². The lowest BCUT2D eigenvalue weighted by Crippen LogP contribution is -2.14. The third-order valence-electron chi connectivity index (χ3n) is 3.18. The van der Waals surface area contributed by atoms with Gasteiger partial charge in [0.2, 0.25) is 0 Å². The molecule has 0 radical (unpaired) electrons. The molecule has 0 spiro atoms. The first-order chi connectivity index (χ1) is 9.71. The maximum absolute atomic E-state index is 12.0. The van der Waals surface area contributed by atoms with Crippen molar-refractivity contribution in [1.82, 2.24) is 4.57 Å². The molecule has 0 atom stereocenters. The number of aryl methyl sites for hydroxylation is 1. The Morgan fingerprint density at radius 2 is 2.15 bits per heavy atom. The van der Waals surface area contributed by atoms with E-state index in [1.165, 1.54) is 0 Å². The number of methoxy groups -OCH3 is 1. The van der Waals surface area contributed by atoms with Crippen LogP contribution in [0.15, 0.2) is 24.3 Å². The highest BCUT2D eigenvalue weighted by Crippen LogP contribution is 2.25. The van der Waals surface area contributed by atoms with E-state index in [0.717, 1.165) is 23.1 Å². The van der Waals surface area contributed by atoms with Crippen LogP contribution >= 0.6 is 0 Å². The van der Waals surface area contributed by atoms with Crippen LogP contribution in [-0.2, 0) is 11.3 Å².